The molecule has 2 atom stereocenters. The molecule has 6 heteroatoms. The van der Waals surface area contributed by atoms with Crippen LogP contribution in [0, 0.1) is 0 Å². The van der Waals surface area contributed by atoms with Crippen LogP contribution in [-0.4, -0.2) is 35.9 Å². The summed E-state index contributed by atoms with van der Waals surface area (Å²) in [5.41, 5.74) is 1.85. The van der Waals surface area contributed by atoms with E-state index in [-0.39, 0.29) is 24.3 Å². The van der Waals surface area contributed by atoms with Gasteiger partial charge in [0.2, 0.25) is 11.8 Å². The maximum Gasteiger partial charge on any atom is 0.242 e. The number of amides is 2. The molecule has 156 valence electrons. The fraction of sp³-hybridized carbons (Fsp3) is 0.391. The quantitative estimate of drug-likeness (QED) is 0.605. The molecule has 0 spiro atoms. The smallest absolute Gasteiger partial charge is 0.242 e. The number of carbonyl (C=O) groups is 2. The van der Waals surface area contributed by atoms with Crippen LogP contribution >= 0.6 is 15.9 Å². The molecule has 1 N–H and O–H groups in total. The highest BCUT2D eigenvalue weighted by Gasteiger charge is 2.26. The molecule has 0 radical (unpaired) electrons. The van der Waals surface area contributed by atoms with Gasteiger partial charge in [0.15, 0.2) is 0 Å². The molecule has 2 rings (SSSR count). The predicted molar refractivity (Wildman–Crippen MR) is 119 cm³/mol. The van der Waals surface area contributed by atoms with E-state index in [1.165, 1.54) is 0 Å². The van der Waals surface area contributed by atoms with Crippen LogP contribution in [0.25, 0.3) is 0 Å². The van der Waals surface area contributed by atoms with Crippen LogP contribution in [0.15, 0.2) is 53.0 Å². The molecule has 0 aliphatic heterocycles. The summed E-state index contributed by atoms with van der Waals surface area (Å²) in [5.74, 6) is 0.513. The molecule has 2 amide bonds. The molecule has 2 aromatic carbocycles. The van der Waals surface area contributed by atoms with Crippen molar-refractivity contribution in [2.75, 3.05) is 7.11 Å². The van der Waals surface area contributed by atoms with Crippen LogP contribution in [0.1, 0.15) is 38.3 Å². The average molecular weight is 461 g/mol. The van der Waals surface area contributed by atoms with Crippen LogP contribution in [0.5, 0.6) is 5.75 Å². The van der Waals surface area contributed by atoms with Crippen LogP contribution in [0.3, 0.4) is 0 Å². The number of benzene rings is 2. The SMILES string of the molecule is CC[C@@H](C)NC(=O)[C@@H](C)N(Cc1ccc(Br)cc1)C(=O)Cc1ccc(OC)cc1. The zero-order chi connectivity index (χ0) is 21.4. The molecule has 5 nitrogen and oxygen atoms in total. The maximum atomic E-state index is 13.1. The number of hydrogen-bond acceptors (Lipinski definition) is 3. The largest absolute Gasteiger partial charge is 0.497 e. The first-order valence-corrected chi connectivity index (χ1v) is 10.6. The zero-order valence-corrected chi connectivity index (χ0v) is 19.0. The van der Waals surface area contributed by atoms with E-state index in [1.54, 1.807) is 18.9 Å². The van der Waals surface area contributed by atoms with Crippen molar-refractivity contribution < 1.29 is 14.3 Å². The predicted octanol–water partition coefficient (Wildman–Crippen LogP) is 4.33. The minimum absolute atomic E-state index is 0.0659. The standard InChI is InChI=1S/C23H29BrN2O3/c1-5-16(2)25-23(28)17(3)26(15-19-6-10-20(24)11-7-19)22(27)14-18-8-12-21(29-4)13-9-18/h6-13,16-17H,5,14-15H2,1-4H3,(H,25,28)/t16-,17-/m1/s1. The van der Waals surface area contributed by atoms with Crippen LogP contribution in [0.2, 0.25) is 0 Å². The molecule has 0 aromatic heterocycles. The number of nitrogens with one attached hydrogen (secondary N) is 1. The van der Waals surface area contributed by atoms with Gasteiger partial charge in [-0.05, 0) is 55.7 Å². The Morgan fingerprint density at radius 2 is 1.62 bits per heavy atom. The number of hydrogen-bond donors (Lipinski definition) is 1. The normalized spacial score (nSPS) is 12.7. The monoisotopic (exact) mass is 460 g/mol. The van der Waals surface area contributed by atoms with Gasteiger partial charge in [-0.25, -0.2) is 0 Å². The fourth-order valence-corrected chi connectivity index (χ4v) is 3.12. The second kappa shape index (κ2) is 11.0. The molecule has 0 aliphatic carbocycles. The van der Waals surface area contributed by atoms with E-state index in [9.17, 15) is 9.59 Å². The highest BCUT2D eigenvalue weighted by Crippen LogP contribution is 2.17. The second-order valence-electron chi connectivity index (χ2n) is 7.17. The first-order valence-electron chi connectivity index (χ1n) is 9.81. The Morgan fingerprint density at radius 1 is 1.03 bits per heavy atom. The van der Waals surface area contributed by atoms with E-state index in [0.717, 1.165) is 27.8 Å². The van der Waals surface area contributed by atoms with Crippen molar-refractivity contribution in [3.8, 4) is 5.75 Å². The van der Waals surface area contributed by atoms with Crippen molar-refractivity contribution in [3.63, 3.8) is 0 Å². The number of halogens is 1. The summed E-state index contributed by atoms with van der Waals surface area (Å²) in [6, 6.07) is 14.7. The third-order valence-corrected chi connectivity index (χ3v) is 5.48. The van der Waals surface area contributed by atoms with Gasteiger partial charge in [0.25, 0.3) is 0 Å². The minimum Gasteiger partial charge on any atom is -0.497 e. The molecule has 0 saturated heterocycles. The van der Waals surface area contributed by atoms with Gasteiger partial charge in [0.1, 0.15) is 11.8 Å². The number of methoxy groups -OCH3 is 1. The van der Waals surface area contributed by atoms with Crippen molar-refractivity contribution in [3.05, 3.63) is 64.1 Å². The van der Waals surface area contributed by atoms with Crippen molar-refractivity contribution in [2.45, 2.75) is 52.2 Å². The summed E-state index contributed by atoms with van der Waals surface area (Å²) in [7, 11) is 1.61. The Balaban J connectivity index is 2.20. The van der Waals surface area contributed by atoms with Gasteiger partial charge in [-0.1, -0.05) is 47.1 Å². The number of rotatable bonds is 9. The van der Waals surface area contributed by atoms with Crippen LogP contribution in [-0.2, 0) is 22.6 Å². The van der Waals surface area contributed by atoms with Crippen LogP contribution < -0.4 is 10.1 Å². The summed E-state index contributed by atoms with van der Waals surface area (Å²) in [6.45, 7) is 6.13. The van der Waals surface area contributed by atoms with Gasteiger partial charge in [0.05, 0.1) is 13.5 Å². The molecule has 0 aliphatic rings. The van der Waals surface area contributed by atoms with Gasteiger partial charge in [-0.3, -0.25) is 9.59 Å². The average Bonchev–Trinajstić information content (AvgIpc) is 2.73. The highest BCUT2D eigenvalue weighted by atomic mass is 79.9. The fourth-order valence-electron chi connectivity index (χ4n) is 2.85. The van der Waals surface area contributed by atoms with E-state index in [0.29, 0.717) is 6.54 Å². The molecular weight excluding hydrogens is 432 g/mol. The molecule has 0 fully saturated rings. The lowest BCUT2D eigenvalue weighted by Crippen LogP contribution is -2.49. The topological polar surface area (TPSA) is 58.6 Å². The maximum absolute atomic E-state index is 13.1. The molecule has 2 aromatic rings. The lowest BCUT2D eigenvalue weighted by atomic mass is 10.1. The summed E-state index contributed by atoms with van der Waals surface area (Å²) in [4.78, 5) is 27.5. The summed E-state index contributed by atoms with van der Waals surface area (Å²) < 4.78 is 6.15. The second-order valence-corrected chi connectivity index (χ2v) is 8.08. The number of carbonyl (C=O) groups excluding carboxylic acids is 2. The highest BCUT2D eigenvalue weighted by molar-refractivity contribution is 9.10. The van der Waals surface area contributed by atoms with Crippen molar-refractivity contribution in [1.82, 2.24) is 10.2 Å². The van der Waals surface area contributed by atoms with Crippen molar-refractivity contribution >= 4 is 27.7 Å². The number of ether oxygens (including phenoxy) is 1. The van der Waals surface area contributed by atoms with Crippen molar-refractivity contribution in [2.24, 2.45) is 0 Å². The summed E-state index contributed by atoms with van der Waals surface area (Å²) >= 11 is 3.43. The Kier molecular flexibility index (Phi) is 8.70. The van der Waals surface area contributed by atoms with Crippen LogP contribution in [0.4, 0.5) is 0 Å². The molecule has 0 unspecified atom stereocenters. The Labute approximate surface area is 181 Å². The summed E-state index contributed by atoms with van der Waals surface area (Å²) in [5, 5.41) is 2.98. The number of nitrogens with zero attached hydrogens (tertiary/aromatic N) is 1. The van der Waals surface area contributed by atoms with E-state index in [1.807, 2.05) is 62.4 Å². The van der Waals surface area contributed by atoms with E-state index < -0.39 is 6.04 Å². The van der Waals surface area contributed by atoms with Gasteiger partial charge in [0, 0.05) is 17.1 Å². The van der Waals surface area contributed by atoms with Gasteiger partial charge in [-0.15, -0.1) is 0 Å². The molecule has 0 bridgehead atoms. The Morgan fingerprint density at radius 3 is 2.17 bits per heavy atom. The lowest BCUT2D eigenvalue weighted by Gasteiger charge is -2.30. The summed E-state index contributed by atoms with van der Waals surface area (Å²) in [6.07, 6.45) is 1.06. The third kappa shape index (κ3) is 6.89. The third-order valence-electron chi connectivity index (χ3n) is 4.95. The Bertz CT molecular complexity index is 806. The van der Waals surface area contributed by atoms with Gasteiger partial charge in [-0.2, -0.15) is 0 Å². The van der Waals surface area contributed by atoms with E-state index >= 15 is 0 Å². The van der Waals surface area contributed by atoms with Gasteiger partial charge < -0.3 is 15.0 Å². The lowest BCUT2D eigenvalue weighted by molar-refractivity contribution is -0.140. The van der Waals surface area contributed by atoms with E-state index in [4.69, 9.17) is 4.74 Å². The minimum atomic E-state index is -0.571. The first kappa shape index (κ1) is 22.9. The van der Waals surface area contributed by atoms with E-state index in [2.05, 4.69) is 21.2 Å². The molecule has 0 heterocycles. The molecule has 29 heavy (non-hydrogen) atoms. The van der Waals surface area contributed by atoms with Crippen molar-refractivity contribution in [1.29, 1.82) is 0 Å². The zero-order valence-electron chi connectivity index (χ0n) is 17.4. The Hall–Kier alpha value is -2.34. The molecular formula is C23H29BrN2O3. The van der Waals surface area contributed by atoms with Gasteiger partial charge >= 0.3 is 0 Å². The first-order chi connectivity index (χ1) is 13.8. The molecule has 0 saturated carbocycles.